The van der Waals surface area contributed by atoms with Crippen molar-refractivity contribution in [2.75, 3.05) is 0 Å². The van der Waals surface area contributed by atoms with Crippen LogP contribution in [0.25, 0.3) is 0 Å². The van der Waals surface area contributed by atoms with E-state index in [1.165, 1.54) is 5.57 Å². The Balaban J connectivity index is 3.42. The molecule has 0 heterocycles. The van der Waals surface area contributed by atoms with Gasteiger partial charge in [0.2, 0.25) is 6.41 Å². The normalized spacial score (nSPS) is 11.1. The van der Waals surface area contributed by atoms with Crippen LogP contribution < -0.4 is 5.32 Å². The first kappa shape index (κ1) is 8.21. The second kappa shape index (κ2) is 5.35. The van der Waals surface area contributed by atoms with E-state index in [1.807, 2.05) is 6.92 Å². The Kier molecular flexibility index (Phi) is 4.88. The van der Waals surface area contributed by atoms with Gasteiger partial charge in [0.05, 0.1) is 0 Å². The zero-order valence-electron chi connectivity index (χ0n) is 5.98. The van der Waals surface area contributed by atoms with Crippen molar-refractivity contribution in [3.05, 3.63) is 11.8 Å². The number of carbonyl (C=O) groups excluding carboxylic acids is 1. The highest BCUT2D eigenvalue weighted by molar-refractivity contribution is 5.48. The first-order chi connectivity index (χ1) is 4.31. The molecule has 1 N–H and O–H groups in total. The van der Waals surface area contributed by atoms with Crippen LogP contribution in [0.15, 0.2) is 11.8 Å². The highest BCUT2D eigenvalue weighted by atomic mass is 16.1. The predicted octanol–water partition coefficient (Wildman–Crippen LogP) is 1.44. The molecule has 0 aliphatic rings. The number of hydrogen-bond donors (Lipinski definition) is 1. The van der Waals surface area contributed by atoms with Crippen molar-refractivity contribution in [2.24, 2.45) is 0 Å². The first-order valence-corrected chi connectivity index (χ1v) is 3.16. The Morgan fingerprint density at radius 1 is 1.67 bits per heavy atom. The molecule has 0 aliphatic heterocycles. The Bertz CT molecular complexity index is 107. The summed E-state index contributed by atoms with van der Waals surface area (Å²) in [4.78, 5) is 9.76. The lowest BCUT2D eigenvalue weighted by atomic mass is 10.2. The number of nitrogens with one attached hydrogen (secondary N) is 1. The van der Waals surface area contributed by atoms with Gasteiger partial charge < -0.3 is 5.32 Å². The van der Waals surface area contributed by atoms with E-state index in [4.69, 9.17) is 0 Å². The molecule has 0 aromatic rings. The van der Waals surface area contributed by atoms with Gasteiger partial charge in [-0.25, -0.2) is 0 Å². The molecule has 0 atom stereocenters. The van der Waals surface area contributed by atoms with Gasteiger partial charge in [-0.2, -0.15) is 0 Å². The van der Waals surface area contributed by atoms with Crippen LogP contribution in [0.1, 0.15) is 26.7 Å². The van der Waals surface area contributed by atoms with Gasteiger partial charge in [0, 0.05) is 6.20 Å². The predicted molar refractivity (Wildman–Crippen MR) is 37.9 cm³/mol. The maximum Gasteiger partial charge on any atom is 0.211 e. The van der Waals surface area contributed by atoms with Gasteiger partial charge in [-0.05, 0) is 13.3 Å². The molecule has 0 aromatic heterocycles. The molecule has 0 saturated heterocycles. The smallest absolute Gasteiger partial charge is 0.211 e. The Hall–Kier alpha value is -0.790. The second-order valence-corrected chi connectivity index (χ2v) is 2.03. The van der Waals surface area contributed by atoms with Gasteiger partial charge >= 0.3 is 0 Å². The second-order valence-electron chi connectivity index (χ2n) is 2.03. The largest absolute Gasteiger partial charge is 0.335 e. The lowest BCUT2D eigenvalue weighted by Gasteiger charge is -1.94. The molecule has 0 fully saturated rings. The van der Waals surface area contributed by atoms with E-state index >= 15 is 0 Å². The van der Waals surface area contributed by atoms with Crippen LogP contribution in [-0.2, 0) is 4.79 Å². The molecule has 0 spiro atoms. The third kappa shape index (κ3) is 5.07. The number of hydrogen-bond acceptors (Lipinski definition) is 1. The van der Waals surface area contributed by atoms with Crippen LogP contribution >= 0.6 is 0 Å². The minimum absolute atomic E-state index is 0.680. The third-order valence-electron chi connectivity index (χ3n) is 1.04. The fourth-order valence-corrected chi connectivity index (χ4v) is 0.643. The van der Waals surface area contributed by atoms with Crippen LogP contribution in [0.2, 0.25) is 0 Å². The zero-order chi connectivity index (χ0) is 7.11. The summed E-state index contributed by atoms with van der Waals surface area (Å²) in [6, 6.07) is 0. The Morgan fingerprint density at radius 3 is 2.78 bits per heavy atom. The van der Waals surface area contributed by atoms with Gasteiger partial charge in [0.1, 0.15) is 0 Å². The summed E-state index contributed by atoms with van der Waals surface area (Å²) in [5.41, 5.74) is 1.21. The summed E-state index contributed by atoms with van der Waals surface area (Å²) in [5.74, 6) is 0. The molecule has 0 radical (unpaired) electrons. The number of allylic oxidation sites excluding steroid dienone is 1. The summed E-state index contributed by atoms with van der Waals surface area (Å²) < 4.78 is 0. The minimum atomic E-state index is 0.680. The zero-order valence-corrected chi connectivity index (χ0v) is 5.98. The quantitative estimate of drug-likeness (QED) is 0.569. The molecule has 0 saturated carbocycles. The molecule has 1 amide bonds. The maximum atomic E-state index is 9.76. The fourth-order valence-electron chi connectivity index (χ4n) is 0.643. The van der Waals surface area contributed by atoms with E-state index in [9.17, 15) is 4.79 Å². The molecule has 9 heavy (non-hydrogen) atoms. The van der Waals surface area contributed by atoms with Crippen molar-refractivity contribution < 1.29 is 4.79 Å². The van der Waals surface area contributed by atoms with Gasteiger partial charge in [-0.3, -0.25) is 4.79 Å². The number of rotatable bonds is 4. The van der Waals surface area contributed by atoms with Crippen molar-refractivity contribution in [1.82, 2.24) is 5.32 Å². The van der Waals surface area contributed by atoms with Crippen LogP contribution in [0.4, 0.5) is 0 Å². The van der Waals surface area contributed by atoms with Gasteiger partial charge in [-0.1, -0.05) is 18.9 Å². The summed E-state index contributed by atoms with van der Waals surface area (Å²) in [5, 5.41) is 2.49. The van der Waals surface area contributed by atoms with E-state index in [-0.39, 0.29) is 0 Å². The molecule has 0 unspecified atom stereocenters. The Morgan fingerprint density at radius 2 is 2.33 bits per heavy atom. The van der Waals surface area contributed by atoms with Crippen LogP contribution in [-0.4, -0.2) is 6.41 Å². The monoisotopic (exact) mass is 127 g/mol. The van der Waals surface area contributed by atoms with Crippen molar-refractivity contribution >= 4 is 6.41 Å². The highest BCUT2D eigenvalue weighted by Gasteiger charge is 1.83. The molecule has 0 rings (SSSR count). The third-order valence-corrected chi connectivity index (χ3v) is 1.04. The number of amides is 1. The van der Waals surface area contributed by atoms with Gasteiger partial charge in [0.15, 0.2) is 0 Å². The Labute approximate surface area is 56.0 Å². The van der Waals surface area contributed by atoms with Crippen LogP contribution in [0.3, 0.4) is 0 Å². The van der Waals surface area contributed by atoms with Crippen molar-refractivity contribution in [3.63, 3.8) is 0 Å². The van der Waals surface area contributed by atoms with E-state index in [0.717, 1.165) is 12.8 Å². The highest BCUT2D eigenvalue weighted by Crippen LogP contribution is 1.99. The topological polar surface area (TPSA) is 29.1 Å². The molecule has 0 aromatic carbocycles. The molecule has 2 heteroatoms. The summed E-state index contributed by atoms with van der Waals surface area (Å²) in [6.45, 7) is 4.11. The molecular formula is C7H13NO. The fraction of sp³-hybridized carbons (Fsp3) is 0.571. The summed E-state index contributed by atoms with van der Waals surface area (Å²) in [6.07, 6.45) is 4.60. The van der Waals surface area contributed by atoms with Gasteiger partial charge in [-0.15, -0.1) is 0 Å². The van der Waals surface area contributed by atoms with Crippen LogP contribution in [0.5, 0.6) is 0 Å². The van der Waals surface area contributed by atoms with Crippen LogP contribution in [0, 0.1) is 0 Å². The van der Waals surface area contributed by atoms with E-state index in [1.54, 1.807) is 6.20 Å². The maximum absolute atomic E-state index is 9.76. The number of carbonyl (C=O) groups is 1. The van der Waals surface area contributed by atoms with Crippen molar-refractivity contribution in [3.8, 4) is 0 Å². The summed E-state index contributed by atoms with van der Waals surface area (Å²) in [7, 11) is 0. The van der Waals surface area contributed by atoms with Gasteiger partial charge in [0.25, 0.3) is 0 Å². The lowest BCUT2D eigenvalue weighted by molar-refractivity contribution is -0.108. The molecular weight excluding hydrogens is 114 g/mol. The summed E-state index contributed by atoms with van der Waals surface area (Å²) >= 11 is 0. The van der Waals surface area contributed by atoms with E-state index in [0.29, 0.717) is 6.41 Å². The van der Waals surface area contributed by atoms with E-state index in [2.05, 4.69) is 12.2 Å². The lowest BCUT2D eigenvalue weighted by Crippen LogP contribution is -2.00. The SMILES string of the molecule is CCC/C(C)=C/NC=O. The minimum Gasteiger partial charge on any atom is -0.335 e. The molecule has 52 valence electrons. The van der Waals surface area contributed by atoms with Crippen molar-refractivity contribution in [2.45, 2.75) is 26.7 Å². The average Bonchev–Trinajstić information content (AvgIpc) is 1.85. The van der Waals surface area contributed by atoms with E-state index < -0.39 is 0 Å². The van der Waals surface area contributed by atoms with Crippen molar-refractivity contribution in [1.29, 1.82) is 0 Å². The molecule has 0 aliphatic carbocycles. The average molecular weight is 127 g/mol. The molecule has 0 bridgehead atoms. The molecule has 2 nitrogen and oxygen atoms in total. The standard InChI is InChI=1S/C7H13NO/c1-3-4-7(2)5-8-6-9/h5-6H,3-4H2,1-2H3,(H,8,9)/b7-5+. The first-order valence-electron chi connectivity index (χ1n) is 3.16.